The molecule has 19 heavy (non-hydrogen) atoms. The zero-order valence-corrected chi connectivity index (χ0v) is 12.0. The average molecular weight is 280 g/mol. The van der Waals surface area contributed by atoms with Gasteiger partial charge >= 0.3 is 0 Å². The van der Waals surface area contributed by atoms with Crippen LogP contribution in [-0.4, -0.2) is 30.2 Å². The molecule has 1 aromatic heterocycles. The quantitative estimate of drug-likeness (QED) is 0.757. The molecule has 0 fully saturated rings. The van der Waals surface area contributed by atoms with Crippen molar-refractivity contribution in [2.75, 3.05) is 20.0 Å². The van der Waals surface area contributed by atoms with Crippen LogP contribution in [0.3, 0.4) is 0 Å². The van der Waals surface area contributed by atoms with E-state index >= 15 is 0 Å². The van der Waals surface area contributed by atoms with Gasteiger partial charge in [0.1, 0.15) is 11.5 Å². The summed E-state index contributed by atoms with van der Waals surface area (Å²) >= 11 is 1.55. The van der Waals surface area contributed by atoms with Gasteiger partial charge in [-0.3, -0.25) is 0 Å². The Morgan fingerprint density at radius 2 is 1.79 bits per heavy atom. The second-order valence-electron chi connectivity index (χ2n) is 3.82. The summed E-state index contributed by atoms with van der Waals surface area (Å²) in [5.41, 5.74) is 0.784. The van der Waals surface area contributed by atoms with E-state index in [1.54, 1.807) is 32.0 Å². The summed E-state index contributed by atoms with van der Waals surface area (Å²) in [5.74, 6) is 2.81. The molecule has 0 aliphatic rings. The number of hydrogen-bond acceptors (Lipinski definition) is 6. The van der Waals surface area contributed by atoms with Crippen LogP contribution in [0.1, 0.15) is 13.3 Å². The van der Waals surface area contributed by atoms with Gasteiger partial charge in [-0.25, -0.2) is 0 Å². The molecule has 5 nitrogen and oxygen atoms in total. The number of benzene rings is 1. The topological polar surface area (TPSA) is 57.4 Å². The summed E-state index contributed by atoms with van der Waals surface area (Å²) in [6.07, 6.45) is 1.06. The minimum atomic E-state index is 0.468. The van der Waals surface area contributed by atoms with Gasteiger partial charge in [0.2, 0.25) is 5.89 Å². The van der Waals surface area contributed by atoms with Crippen molar-refractivity contribution in [3.63, 3.8) is 0 Å². The van der Waals surface area contributed by atoms with Gasteiger partial charge in [-0.2, -0.15) is 0 Å². The maximum absolute atomic E-state index is 5.60. The lowest BCUT2D eigenvalue weighted by Gasteiger charge is -2.05. The van der Waals surface area contributed by atoms with E-state index in [0.717, 1.165) is 17.7 Å². The van der Waals surface area contributed by atoms with Crippen LogP contribution < -0.4 is 9.47 Å². The molecule has 0 aliphatic heterocycles. The molecule has 2 rings (SSSR count). The minimum absolute atomic E-state index is 0.468. The third-order valence-corrected chi connectivity index (χ3v) is 3.46. The van der Waals surface area contributed by atoms with Gasteiger partial charge in [-0.1, -0.05) is 18.7 Å². The van der Waals surface area contributed by atoms with E-state index in [4.69, 9.17) is 13.9 Å². The maximum Gasteiger partial charge on any atom is 0.276 e. The number of hydrogen-bond donors (Lipinski definition) is 0. The van der Waals surface area contributed by atoms with Gasteiger partial charge in [0.15, 0.2) is 0 Å². The van der Waals surface area contributed by atoms with Crippen molar-refractivity contribution >= 4 is 11.8 Å². The van der Waals surface area contributed by atoms with Crippen LogP contribution >= 0.6 is 11.8 Å². The first-order valence-corrected chi connectivity index (χ1v) is 6.95. The Balaban J connectivity index is 2.27. The summed E-state index contributed by atoms with van der Waals surface area (Å²) in [5, 5.41) is 8.63. The first-order valence-electron chi connectivity index (χ1n) is 5.96. The fraction of sp³-hybridized carbons (Fsp3) is 0.385. The molecule has 0 amide bonds. The first kappa shape index (κ1) is 13.7. The van der Waals surface area contributed by atoms with E-state index < -0.39 is 0 Å². The Morgan fingerprint density at radius 3 is 2.37 bits per heavy atom. The van der Waals surface area contributed by atoms with Gasteiger partial charge in [-0.05, 0) is 18.6 Å². The maximum atomic E-state index is 5.60. The number of aromatic nitrogens is 2. The van der Waals surface area contributed by atoms with Crippen LogP contribution in [0.2, 0.25) is 0 Å². The molecule has 102 valence electrons. The number of rotatable bonds is 6. The monoisotopic (exact) mass is 280 g/mol. The van der Waals surface area contributed by atoms with E-state index in [9.17, 15) is 0 Å². The zero-order valence-electron chi connectivity index (χ0n) is 11.2. The minimum Gasteiger partial charge on any atom is -0.497 e. The highest BCUT2D eigenvalue weighted by Crippen LogP contribution is 2.30. The van der Waals surface area contributed by atoms with Crippen molar-refractivity contribution in [2.45, 2.75) is 18.6 Å². The Kier molecular flexibility index (Phi) is 4.68. The van der Waals surface area contributed by atoms with Crippen LogP contribution in [0, 0.1) is 0 Å². The average Bonchev–Trinajstić information content (AvgIpc) is 2.93. The molecule has 0 radical (unpaired) electrons. The Morgan fingerprint density at radius 1 is 1.11 bits per heavy atom. The summed E-state index contributed by atoms with van der Waals surface area (Å²) in [7, 11) is 3.21. The molecule has 1 heterocycles. The van der Waals surface area contributed by atoms with Crippen molar-refractivity contribution in [1.29, 1.82) is 0 Å². The van der Waals surface area contributed by atoms with E-state index in [1.165, 1.54) is 0 Å². The fourth-order valence-electron chi connectivity index (χ4n) is 1.51. The molecule has 1 aromatic carbocycles. The second kappa shape index (κ2) is 6.47. The molecular formula is C13H16N2O3S. The molecule has 2 aromatic rings. The van der Waals surface area contributed by atoms with Gasteiger partial charge in [0.25, 0.3) is 5.22 Å². The molecular weight excluding hydrogens is 264 g/mol. The molecule has 0 saturated heterocycles. The van der Waals surface area contributed by atoms with Gasteiger partial charge < -0.3 is 13.9 Å². The third-order valence-electron chi connectivity index (χ3n) is 2.43. The number of thioether (sulfide) groups is 1. The molecule has 0 saturated carbocycles. The molecule has 6 heteroatoms. The van der Waals surface area contributed by atoms with E-state index in [1.807, 2.05) is 12.1 Å². The van der Waals surface area contributed by atoms with E-state index in [0.29, 0.717) is 22.6 Å². The lowest BCUT2D eigenvalue weighted by Crippen LogP contribution is -1.88. The van der Waals surface area contributed by atoms with Crippen molar-refractivity contribution in [2.24, 2.45) is 0 Å². The SMILES string of the molecule is CCCSc1nnc(-c2cc(OC)cc(OC)c2)o1. The molecule has 0 unspecified atom stereocenters. The van der Waals surface area contributed by atoms with E-state index in [-0.39, 0.29) is 0 Å². The van der Waals surface area contributed by atoms with Crippen LogP contribution in [0.5, 0.6) is 11.5 Å². The lowest BCUT2D eigenvalue weighted by molar-refractivity contribution is 0.394. The summed E-state index contributed by atoms with van der Waals surface area (Å²) < 4.78 is 16.0. The van der Waals surface area contributed by atoms with E-state index in [2.05, 4.69) is 17.1 Å². The van der Waals surface area contributed by atoms with Gasteiger partial charge in [0, 0.05) is 17.4 Å². The van der Waals surface area contributed by atoms with Gasteiger partial charge in [-0.15, -0.1) is 10.2 Å². The highest BCUT2D eigenvalue weighted by molar-refractivity contribution is 7.99. The molecule has 0 spiro atoms. The largest absolute Gasteiger partial charge is 0.497 e. The van der Waals surface area contributed by atoms with Crippen LogP contribution in [0.15, 0.2) is 27.8 Å². The predicted octanol–water partition coefficient (Wildman–Crippen LogP) is 3.26. The lowest BCUT2D eigenvalue weighted by atomic mass is 10.2. The smallest absolute Gasteiger partial charge is 0.276 e. The predicted molar refractivity (Wildman–Crippen MR) is 73.9 cm³/mol. The summed E-state index contributed by atoms with van der Waals surface area (Å²) in [6.45, 7) is 2.11. The molecule has 0 aliphatic carbocycles. The van der Waals surface area contributed by atoms with Crippen LogP contribution in [0.25, 0.3) is 11.5 Å². The standard InChI is InChI=1S/C13H16N2O3S/c1-4-5-19-13-15-14-12(18-13)9-6-10(16-2)8-11(7-9)17-3/h6-8H,4-5H2,1-3H3. The second-order valence-corrected chi connectivity index (χ2v) is 4.87. The molecule has 0 N–H and O–H groups in total. The summed E-state index contributed by atoms with van der Waals surface area (Å²) in [4.78, 5) is 0. The normalized spacial score (nSPS) is 10.5. The van der Waals surface area contributed by atoms with Crippen molar-refractivity contribution in [3.05, 3.63) is 18.2 Å². The number of methoxy groups -OCH3 is 2. The first-order chi connectivity index (χ1) is 9.26. The van der Waals surface area contributed by atoms with Crippen LogP contribution in [0.4, 0.5) is 0 Å². The van der Waals surface area contributed by atoms with Crippen molar-refractivity contribution in [3.8, 4) is 23.0 Å². The third kappa shape index (κ3) is 3.41. The molecule has 0 bridgehead atoms. The van der Waals surface area contributed by atoms with Crippen molar-refractivity contribution in [1.82, 2.24) is 10.2 Å². The summed E-state index contributed by atoms with van der Waals surface area (Å²) in [6, 6.07) is 5.47. The highest BCUT2D eigenvalue weighted by atomic mass is 32.2. The molecule has 0 atom stereocenters. The fourth-order valence-corrected chi connectivity index (χ4v) is 2.12. The Labute approximate surface area is 116 Å². The van der Waals surface area contributed by atoms with Crippen molar-refractivity contribution < 1.29 is 13.9 Å². The number of nitrogens with zero attached hydrogens (tertiary/aromatic N) is 2. The van der Waals surface area contributed by atoms with Gasteiger partial charge in [0.05, 0.1) is 14.2 Å². The highest BCUT2D eigenvalue weighted by Gasteiger charge is 2.11. The number of ether oxygens (including phenoxy) is 2. The van der Waals surface area contributed by atoms with Crippen LogP contribution in [-0.2, 0) is 0 Å². The Hall–Kier alpha value is -1.69. The Bertz CT molecular complexity index is 520. The zero-order chi connectivity index (χ0) is 13.7.